The Morgan fingerprint density at radius 3 is 2.57 bits per heavy atom. The van der Waals surface area contributed by atoms with Crippen molar-refractivity contribution < 1.29 is 9.53 Å². The average Bonchev–Trinajstić information content (AvgIpc) is 2.45. The number of benzene rings is 1. The van der Waals surface area contributed by atoms with E-state index in [0.717, 1.165) is 29.7 Å². The molecule has 2 rings (SSSR count). The number of carbonyl (C=O) groups excluding carboxylic acids is 1. The van der Waals surface area contributed by atoms with Crippen LogP contribution in [0.5, 0.6) is 5.75 Å². The number of methoxy groups -OCH3 is 1. The Hall–Kier alpha value is -1.77. The summed E-state index contributed by atoms with van der Waals surface area (Å²) in [7, 11) is 1.67. The Balaban J connectivity index is 2.76. The second-order valence-corrected chi connectivity index (χ2v) is 6.35. The van der Waals surface area contributed by atoms with Crippen LogP contribution in [-0.4, -0.2) is 25.0 Å². The summed E-state index contributed by atoms with van der Waals surface area (Å²) in [6.07, 6.45) is 4.20. The third kappa shape index (κ3) is 2.57. The summed E-state index contributed by atoms with van der Waals surface area (Å²) in [5.74, 6) is 0.774. The average molecular weight is 287 g/mol. The van der Waals surface area contributed by atoms with E-state index >= 15 is 0 Å². The molecular formula is C18H25NO2. The maximum Gasteiger partial charge on any atom is 0.150 e. The second-order valence-electron chi connectivity index (χ2n) is 6.35. The summed E-state index contributed by atoms with van der Waals surface area (Å²) < 4.78 is 5.59. The van der Waals surface area contributed by atoms with E-state index in [-0.39, 0.29) is 5.54 Å². The maximum atomic E-state index is 11.2. The Morgan fingerprint density at radius 1 is 1.38 bits per heavy atom. The van der Waals surface area contributed by atoms with Crippen LogP contribution in [0.1, 0.15) is 57.0 Å². The van der Waals surface area contributed by atoms with E-state index in [9.17, 15) is 4.79 Å². The molecule has 3 heteroatoms. The molecule has 0 bridgehead atoms. The van der Waals surface area contributed by atoms with E-state index in [4.69, 9.17) is 4.74 Å². The predicted molar refractivity (Wildman–Crippen MR) is 88.3 cm³/mol. The van der Waals surface area contributed by atoms with Crippen LogP contribution in [0.25, 0.3) is 5.57 Å². The number of fused-ring (bicyclic) bond motifs is 1. The molecule has 0 aromatic heterocycles. The van der Waals surface area contributed by atoms with Crippen molar-refractivity contribution in [2.75, 3.05) is 12.0 Å². The molecule has 1 heterocycles. The predicted octanol–water partition coefficient (Wildman–Crippen LogP) is 4.31. The Labute approximate surface area is 127 Å². The fraction of sp³-hybridized carbons (Fsp3) is 0.500. The first-order valence-electron chi connectivity index (χ1n) is 7.52. The number of ether oxygens (including phenoxy) is 1. The van der Waals surface area contributed by atoms with E-state index in [1.807, 2.05) is 12.1 Å². The third-order valence-electron chi connectivity index (χ3n) is 4.34. The molecule has 0 aliphatic carbocycles. The number of anilines is 1. The molecule has 0 fully saturated rings. The number of hydrogen-bond donors (Lipinski definition) is 0. The van der Waals surface area contributed by atoms with Crippen molar-refractivity contribution in [1.29, 1.82) is 0 Å². The van der Waals surface area contributed by atoms with E-state index in [1.165, 1.54) is 5.57 Å². The van der Waals surface area contributed by atoms with Crippen molar-refractivity contribution in [1.82, 2.24) is 0 Å². The molecule has 0 unspecified atom stereocenters. The fourth-order valence-electron chi connectivity index (χ4n) is 3.34. The zero-order chi connectivity index (χ0) is 15.8. The maximum absolute atomic E-state index is 11.2. The molecule has 1 atom stereocenters. The van der Waals surface area contributed by atoms with Crippen molar-refractivity contribution in [2.24, 2.45) is 0 Å². The van der Waals surface area contributed by atoms with Gasteiger partial charge in [-0.3, -0.25) is 4.79 Å². The van der Waals surface area contributed by atoms with Gasteiger partial charge in [0.25, 0.3) is 0 Å². The monoisotopic (exact) mass is 287 g/mol. The Morgan fingerprint density at radius 2 is 2.05 bits per heavy atom. The lowest BCUT2D eigenvalue weighted by Gasteiger charge is -2.47. The molecular weight excluding hydrogens is 262 g/mol. The molecule has 1 aliphatic heterocycles. The summed E-state index contributed by atoms with van der Waals surface area (Å²) in [6.45, 7) is 11.0. The zero-order valence-electron chi connectivity index (χ0n) is 13.9. The van der Waals surface area contributed by atoms with E-state index in [2.05, 4.69) is 45.6 Å². The minimum atomic E-state index is -0.0809. The van der Waals surface area contributed by atoms with Gasteiger partial charge in [-0.25, -0.2) is 0 Å². The standard InChI is InChI=1S/C18H25NO2/c1-7-13(3)19-17-15(12(2)10-18(19,4)5)8-14(11-20)9-16(17)21-6/h8-11,13H,7H2,1-6H3/t13-/m0/s1. The molecule has 0 amide bonds. The lowest BCUT2D eigenvalue weighted by atomic mass is 9.86. The molecule has 0 N–H and O–H groups in total. The van der Waals surface area contributed by atoms with Crippen LogP contribution >= 0.6 is 0 Å². The van der Waals surface area contributed by atoms with E-state index in [1.54, 1.807) is 7.11 Å². The van der Waals surface area contributed by atoms with Gasteiger partial charge in [-0.1, -0.05) is 13.0 Å². The Bertz CT molecular complexity index is 587. The number of allylic oxidation sites excluding steroid dienone is 1. The molecule has 3 nitrogen and oxygen atoms in total. The molecule has 1 aromatic carbocycles. The second kappa shape index (κ2) is 5.55. The molecule has 114 valence electrons. The third-order valence-corrected chi connectivity index (χ3v) is 4.34. The van der Waals surface area contributed by atoms with Gasteiger partial charge in [0.1, 0.15) is 12.0 Å². The normalized spacial score (nSPS) is 17.8. The van der Waals surface area contributed by atoms with Crippen molar-refractivity contribution in [2.45, 2.75) is 52.6 Å². The van der Waals surface area contributed by atoms with E-state index < -0.39 is 0 Å². The first-order chi connectivity index (χ1) is 9.85. The van der Waals surface area contributed by atoms with Crippen molar-refractivity contribution in [3.05, 3.63) is 29.3 Å². The van der Waals surface area contributed by atoms with Crippen molar-refractivity contribution >= 4 is 17.5 Å². The number of aldehydes is 1. The number of carbonyl (C=O) groups is 1. The van der Waals surface area contributed by atoms with Gasteiger partial charge in [-0.15, -0.1) is 0 Å². The Kier molecular flexibility index (Phi) is 4.13. The minimum Gasteiger partial charge on any atom is -0.495 e. The highest BCUT2D eigenvalue weighted by Gasteiger charge is 2.36. The summed E-state index contributed by atoms with van der Waals surface area (Å²) in [5.41, 5.74) is 3.96. The first-order valence-corrected chi connectivity index (χ1v) is 7.52. The molecule has 1 aromatic rings. The van der Waals surface area contributed by atoms with Crippen molar-refractivity contribution in [3.8, 4) is 5.75 Å². The van der Waals surface area contributed by atoms with Crippen LogP contribution in [-0.2, 0) is 0 Å². The highest BCUT2D eigenvalue weighted by atomic mass is 16.5. The van der Waals surface area contributed by atoms with E-state index in [0.29, 0.717) is 11.6 Å². The quantitative estimate of drug-likeness (QED) is 0.773. The van der Waals surface area contributed by atoms with Crippen LogP contribution in [0.2, 0.25) is 0 Å². The highest BCUT2D eigenvalue weighted by Crippen LogP contribution is 2.46. The molecule has 0 saturated carbocycles. The largest absolute Gasteiger partial charge is 0.495 e. The minimum absolute atomic E-state index is 0.0809. The smallest absolute Gasteiger partial charge is 0.150 e. The number of hydrogen-bond acceptors (Lipinski definition) is 3. The summed E-state index contributed by atoms with van der Waals surface area (Å²) in [6, 6.07) is 4.18. The van der Waals surface area contributed by atoms with Crippen LogP contribution in [0.3, 0.4) is 0 Å². The summed E-state index contributed by atoms with van der Waals surface area (Å²) in [5, 5.41) is 0. The number of rotatable bonds is 4. The van der Waals surface area contributed by atoms with Gasteiger partial charge in [0.05, 0.1) is 18.3 Å². The lowest BCUT2D eigenvalue weighted by molar-refractivity contribution is 0.112. The first kappa shape index (κ1) is 15.6. The summed E-state index contributed by atoms with van der Waals surface area (Å²) in [4.78, 5) is 13.6. The van der Waals surface area contributed by atoms with Crippen LogP contribution in [0.15, 0.2) is 18.2 Å². The van der Waals surface area contributed by atoms with Gasteiger partial charge >= 0.3 is 0 Å². The van der Waals surface area contributed by atoms with Gasteiger partial charge in [-0.2, -0.15) is 0 Å². The molecule has 0 saturated heterocycles. The molecule has 1 aliphatic rings. The van der Waals surface area contributed by atoms with Crippen LogP contribution in [0.4, 0.5) is 5.69 Å². The topological polar surface area (TPSA) is 29.5 Å². The zero-order valence-corrected chi connectivity index (χ0v) is 13.9. The van der Waals surface area contributed by atoms with Gasteiger partial charge in [-0.05, 0) is 51.8 Å². The van der Waals surface area contributed by atoms with Gasteiger partial charge in [0, 0.05) is 17.2 Å². The lowest BCUT2D eigenvalue weighted by Crippen LogP contribution is -2.50. The van der Waals surface area contributed by atoms with Crippen molar-refractivity contribution in [3.63, 3.8) is 0 Å². The highest BCUT2D eigenvalue weighted by molar-refractivity contribution is 5.89. The van der Waals surface area contributed by atoms with Gasteiger partial charge < -0.3 is 9.64 Å². The molecule has 21 heavy (non-hydrogen) atoms. The van der Waals surface area contributed by atoms with Crippen LogP contribution < -0.4 is 9.64 Å². The number of nitrogens with zero attached hydrogens (tertiary/aromatic N) is 1. The van der Waals surface area contributed by atoms with Gasteiger partial charge in [0.2, 0.25) is 0 Å². The SMILES string of the molecule is CC[C@H](C)N1c2c(OC)cc(C=O)cc2C(C)=CC1(C)C. The van der Waals surface area contributed by atoms with Crippen LogP contribution in [0, 0.1) is 0 Å². The molecule has 0 spiro atoms. The fourth-order valence-corrected chi connectivity index (χ4v) is 3.34. The van der Waals surface area contributed by atoms with Gasteiger partial charge in [0.15, 0.2) is 0 Å². The summed E-state index contributed by atoms with van der Waals surface area (Å²) >= 11 is 0. The molecule has 0 radical (unpaired) electrons.